The number of unbranched alkanes of at least 4 members (excludes halogenated alkanes) is 1. The summed E-state index contributed by atoms with van der Waals surface area (Å²) in [4.78, 5) is 16.0. The van der Waals surface area contributed by atoms with E-state index in [2.05, 4.69) is 22.4 Å². The predicted molar refractivity (Wildman–Crippen MR) is 92.6 cm³/mol. The quantitative estimate of drug-likeness (QED) is 0.665. The minimum absolute atomic E-state index is 0.0712. The van der Waals surface area contributed by atoms with Crippen molar-refractivity contribution in [1.29, 1.82) is 0 Å². The molecule has 0 saturated heterocycles. The molecular weight excluding hydrogens is 322 g/mol. The number of rotatable bonds is 10. The summed E-state index contributed by atoms with van der Waals surface area (Å²) in [5, 5.41) is 6.57. The number of hydrogen-bond acceptors (Lipinski definition) is 6. The number of aromatic nitrogens is 2. The number of nitrogens with one attached hydrogen (secondary N) is 1. The maximum absolute atomic E-state index is 11.9. The van der Waals surface area contributed by atoms with Gasteiger partial charge in [-0.1, -0.05) is 24.6 Å². The van der Waals surface area contributed by atoms with Crippen molar-refractivity contribution in [2.24, 2.45) is 0 Å². The lowest BCUT2D eigenvalue weighted by Gasteiger charge is -2.12. The van der Waals surface area contributed by atoms with E-state index in [1.54, 1.807) is 14.0 Å². The lowest BCUT2D eigenvalue weighted by molar-refractivity contribution is -0.121. The van der Waals surface area contributed by atoms with Gasteiger partial charge < -0.3 is 19.3 Å². The van der Waals surface area contributed by atoms with Crippen LogP contribution in [0.3, 0.4) is 0 Å². The normalized spacial score (nSPS) is 10.5. The lowest BCUT2D eigenvalue weighted by atomic mass is 10.2. The van der Waals surface area contributed by atoms with Crippen LogP contribution in [-0.2, 0) is 17.8 Å². The van der Waals surface area contributed by atoms with E-state index in [9.17, 15) is 4.79 Å². The second-order valence-corrected chi connectivity index (χ2v) is 5.70. The smallest absolute Gasteiger partial charge is 0.227 e. The molecule has 0 aliphatic heterocycles. The zero-order chi connectivity index (χ0) is 18.1. The molecule has 1 heterocycles. The van der Waals surface area contributed by atoms with Crippen LogP contribution in [0, 0.1) is 6.92 Å². The Balaban J connectivity index is 1.81. The van der Waals surface area contributed by atoms with E-state index in [1.165, 1.54) is 0 Å². The lowest BCUT2D eigenvalue weighted by Crippen LogP contribution is -2.23. The Hall–Kier alpha value is -2.57. The van der Waals surface area contributed by atoms with Crippen LogP contribution in [0.1, 0.15) is 43.5 Å². The highest BCUT2D eigenvalue weighted by atomic mass is 16.5. The molecule has 2 rings (SSSR count). The van der Waals surface area contributed by atoms with Crippen molar-refractivity contribution in [2.75, 3.05) is 13.7 Å². The minimum Gasteiger partial charge on any atom is -0.493 e. The number of carbonyl (C=O) groups excluding carboxylic acids is 1. The summed E-state index contributed by atoms with van der Waals surface area (Å²) in [5.74, 6) is 2.37. The minimum atomic E-state index is -0.0712. The Morgan fingerprint density at radius 1 is 1.32 bits per heavy atom. The fourth-order valence-corrected chi connectivity index (χ4v) is 2.22. The molecule has 0 aliphatic rings. The molecule has 1 N–H and O–H groups in total. The Labute approximate surface area is 147 Å². The second kappa shape index (κ2) is 9.66. The highest BCUT2D eigenvalue weighted by Crippen LogP contribution is 2.28. The van der Waals surface area contributed by atoms with Gasteiger partial charge in [0.1, 0.15) is 0 Å². The number of hydrogen-bond donors (Lipinski definition) is 1. The van der Waals surface area contributed by atoms with Gasteiger partial charge in [0, 0.05) is 19.4 Å². The largest absolute Gasteiger partial charge is 0.493 e. The monoisotopic (exact) mass is 347 g/mol. The third-order valence-corrected chi connectivity index (χ3v) is 3.61. The van der Waals surface area contributed by atoms with Crippen LogP contribution in [0.15, 0.2) is 22.7 Å². The Morgan fingerprint density at radius 3 is 2.84 bits per heavy atom. The zero-order valence-corrected chi connectivity index (χ0v) is 15.0. The molecule has 0 spiro atoms. The number of benzene rings is 1. The fraction of sp³-hybridized carbons (Fsp3) is 0.500. The van der Waals surface area contributed by atoms with E-state index >= 15 is 0 Å². The van der Waals surface area contributed by atoms with Crippen LogP contribution in [0.5, 0.6) is 11.5 Å². The topological polar surface area (TPSA) is 86.5 Å². The molecule has 7 heteroatoms. The van der Waals surface area contributed by atoms with E-state index in [0.717, 1.165) is 24.2 Å². The third kappa shape index (κ3) is 6.10. The molecule has 25 heavy (non-hydrogen) atoms. The number of nitrogens with zero attached hydrogens (tertiary/aromatic N) is 2. The van der Waals surface area contributed by atoms with Crippen LogP contribution in [0.25, 0.3) is 0 Å². The van der Waals surface area contributed by atoms with Crippen LogP contribution in [0.2, 0.25) is 0 Å². The molecule has 1 aromatic heterocycles. The summed E-state index contributed by atoms with van der Waals surface area (Å²) in [5.41, 5.74) is 0.946. The van der Waals surface area contributed by atoms with Crippen LogP contribution >= 0.6 is 0 Å². The summed E-state index contributed by atoms with van der Waals surface area (Å²) in [6.45, 7) is 4.95. The van der Waals surface area contributed by atoms with E-state index < -0.39 is 0 Å². The molecule has 0 radical (unpaired) electrons. The first-order valence-electron chi connectivity index (χ1n) is 8.48. The highest BCUT2D eigenvalue weighted by molar-refractivity contribution is 5.76. The van der Waals surface area contributed by atoms with Crippen LogP contribution in [0.4, 0.5) is 0 Å². The number of amides is 1. The first kappa shape index (κ1) is 18.8. The third-order valence-electron chi connectivity index (χ3n) is 3.61. The van der Waals surface area contributed by atoms with Gasteiger partial charge >= 0.3 is 0 Å². The summed E-state index contributed by atoms with van der Waals surface area (Å²) in [6.07, 6.45) is 2.81. The Morgan fingerprint density at radius 2 is 2.16 bits per heavy atom. The van der Waals surface area contributed by atoms with Crippen molar-refractivity contribution in [1.82, 2.24) is 15.5 Å². The Kier molecular flexibility index (Phi) is 7.25. The molecule has 7 nitrogen and oxygen atoms in total. The fourth-order valence-electron chi connectivity index (χ4n) is 2.22. The van der Waals surface area contributed by atoms with Crippen LogP contribution in [-0.4, -0.2) is 29.8 Å². The van der Waals surface area contributed by atoms with Crippen molar-refractivity contribution < 1.29 is 18.8 Å². The van der Waals surface area contributed by atoms with Gasteiger partial charge in [-0.3, -0.25) is 4.79 Å². The van der Waals surface area contributed by atoms with E-state index in [-0.39, 0.29) is 5.91 Å². The zero-order valence-electron chi connectivity index (χ0n) is 15.0. The van der Waals surface area contributed by atoms with Crippen molar-refractivity contribution in [3.05, 3.63) is 35.5 Å². The summed E-state index contributed by atoms with van der Waals surface area (Å²) < 4.78 is 16.1. The number of ether oxygens (including phenoxy) is 2. The number of methoxy groups -OCH3 is 1. The van der Waals surface area contributed by atoms with E-state index in [0.29, 0.717) is 43.5 Å². The number of aryl methyl sites for hydroxylation is 2. The molecule has 0 atom stereocenters. The van der Waals surface area contributed by atoms with Crippen molar-refractivity contribution >= 4 is 5.91 Å². The van der Waals surface area contributed by atoms with Gasteiger partial charge in [0.15, 0.2) is 17.3 Å². The van der Waals surface area contributed by atoms with Crippen molar-refractivity contribution in [2.45, 2.75) is 46.1 Å². The maximum Gasteiger partial charge on any atom is 0.227 e. The first-order valence-corrected chi connectivity index (χ1v) is 8.48. The van der Waals surface area contributed by atoms with E-state index in [1.807, 2.05) is 18.2 Å². The first-order chi connectivity index (χ1) is 12.1. The molecule has 0 fully saturated rings. The standard InChI is InChI=1S/C18H25N3O4/c1-4-5-10-24-15-7-6-14(11-16(15)23-3)12-19-17(22)8-9-18-20-13(2)21-25-18/h6-7,11H,4-5,8-10,12H2,1-3H3,(H,19,22). The molecule has 1 aromatic carbocycles. The van der Waals surface area contributed by atoms with Crippen molar-refractivity contribution in [3.8, 4) is 11.5 Å². The Bertz CT molecular complexity index is 685. The molecule has 0 saturated carbocycles. The van der Waals surface area contributed by atoms with Gasteiger partial charge in [0.05, 0.1) is 13.7 Å². The number of carbonyl (C=O) groups is 1. The molecule has 0 unspecified atom stereocenters. The van der Waals surface area contributed by atoms with Crippen molar-refractivity contribution in [3.63, 3.8) is 0 Å². The van der Waals surface area contributed by atoms with Gasteiger partial charge in [0.2, 0.25) is 11.8 Å². The average molecular weight is 347 g/mol. The maximum atomic E-state index is 11.9. The molecular formula is C18H25N3O4. The molecule has 1 amide bonds. The van der Waals surface area contributed by atoms with Gasteiger partial charge in [-0.2, -0.15) is 4.98 Å². The highest BCUT2D eigenvalue weighted by Gasteiger charge is 2.09. The van der Waals surface area contributed by atoms with Gasteiger partial charge in [-0.25, -0.2) is 0 Å². The van der Waals surface area contributed by atoms with E-state index in [4.69, 9.17) is 14.0 Å². The van der Waals surface area contributed by atoms with Gasteiger partial charge in [-0.15, -0.1) is 0 Å². The molecule has 0 bridgehead atoms. The second-order valence-electron chi connectivity index (χ2n) is 5.70. The SMILES string of the molecule is CCCCOc1ccc(CNC(=O)CCc2nc(C)no2)cc1OC. The summed E-state index contributed by atoms with van der Waals surface area (Å²) >= 11 is 0. The molecule has 136 valence electrons. The average Bonchev–Trinajstić information content (AvgIpc) is 3.04. The summed E-state index contributed by atoms with van der Waals surface area (Å²) in [6, 6.07) is 5.67. The van der Waals surface area contributed by atoms with Gasteiger partial charge in [0.25, 0.3) is 0 Å². The molecule has 2 aromatic rings. The predicted octanol–water partition coefficient (Wildman–Crippen LogP) is 2.81. The van der Waals surface area contributed by atoms with Crippen LogP contribution < -0.4 is 14.8 Å². The summed E-state index contributed by atoms with van der Waals surface area (Å²) in [7, 11) is 1.61. The molecule has 0 aliphatic carbocycles. The van der Waals surface area contributed by atoms with Gasteiger partial charge in [-0.05, 0) is 31.0 Å².